The molecular formula is C16H17N3O. The molecule has 0 amide bonds. The van der Waals surface area contributed by atoms with Gasteiger partial charge in [0, 0.05) is 43.0 Å². The van der Waals surface area contributed by atoms with Crippen LogP contribution in [-0.2, 0) is 13.6 Å². The fraction of sp³-hybridized carbons (Fsp3) is 0.188. The number of benzene rings is 1. The van der Waals surface area contributed by atoms with Crippen molar-refractivity contribution in [2.45, 2.75) is 6.54 Å². The Morgan fingerprint density at radius 1 is 1.15 bits per heavy atom. The number of aromatic nitrogens is 2. The smallest absolute Gasteiger partial charge is 0.130 e. The predicted molar refractivity (Wildman–Crippen MR) is 80.0 cm³/mol. The Morgan fingerprint density at radius 3 is 2.85 bits per heavy atom. The Kier molecular flexibility index (Phi) is 3.39. The van der Waals surface area contributed by atoms with E-state index in [9.17, 15) is 0 Å². The zero-order valence-corrected chi connectivity index (χ0v) is 11.6. The summed E-state index contributed by atoms with van der Waals surface area (Å²) in [5.41, 5.74) is 2.16. The van der Waals surface area contributed by atoms with Crippen LogP contribution in [0.2, 0.25) is 0 Å². The Hall–Kier alpha value is -2.33. The van der Waals surface area contributed by atoms with Crippen LogP contribution in [0, 0.1) is 0 Å². The maximum atomic E-state index is 5.91. The van der Waals surface area contributed by atoms with Gasteiger partial charge in [0.15, 0.2) is 0 Å². The minimum Gasteiger partial charge on any atom is -0.457 e. The number of ether oxygens (including phenoxy) is 1. The lowest BCUT2D eigenvalue weighted by molar-refractivity contribution is 0.481. The molecule has 0 atom stereocenters. The molecule has 2 aromatic heterocycles. The number of nitrogens with one attached hydrogen (secondary N) is 1. The highest BCUT2D eigenvalue weighted by atomic mass is 16.5. The molecule has 4 heteroatoms. The first-order valence-electron chi connectivity index (χ1n) is 6.59. The lowest BCUT2D eigenvalue weighted by atomic mass is 10.2. The predicted octanol–water partition coefficient (Wildman–Crippen LogP) is 3.09. The van der Waals surface area contributed by atoms with Crippen molar-refractivity contribution in [1.29, 1.82) is 0 Å². The van der Waals surface area contributed by atoms with Gasteiger partial charge in [-0.05, 0) is 37.4 Å². The van der Waals surface area contributed by atoms with Crippen molar-refractivity contribution in [3.8, 4) is 11.5 Å². The summed E-state index contributed by atoms with van der Waals surface area (Å²) in [5, 5.41) is 4.26. The third kappa shape index (κ3) is 2.51. The van der Waals surface area contributed by atoms with Crippen LogP contribution >= 0.6 is 0 Å². The average Bonchev–Trinajstić information content (AvgIpc) is 2.81. The van der Waals surface area contributed by atoms with Crippen molar-refractivity contribution in [3.05, 3.63) is 54.5 Å². The Morgan fingerprint density at radius 2 is 2.00 bits per heavy atom. The van der Waals surface area contributed by atoms with E-state index in [1.54, 1.807) is 6.20 Å². The molecule has 4 nitrogen and oxygen atoms in total. The molecule has 20 heavy (non-hydrogen) atoms. The first-order valence-corrected chi connectivity index (χ1v) is 6.59. The largest absolute Gasteiger partial charge is 0.457 e. The van der Waals surface area contributed by atoms with E-state index in [-0.39, 0.29) is 0 Å². The average molecular weight is 267 g/mol. The summed E-state index contributed by atoms with van der Waals surface area (Å²) in [5.74, 6) is 1.64. The third-order valence-electron chi connectivity index (χ3n) is 3.24. The summed E-state index contributed by atoms with van der Waals surface area (Å²) >= 11 is 0. The van der Waals surface area contributed by atoms with Gasteiger partial charge in [0.2, 0.25) is 0 Å². The van der Waals surface area contributed by atoms with E-state index >= 15 is 0 Å². The topological polar surface area (TPSA) is 39.1 Å². The van der Waals surface area contributed by atoms with E-state index < -0.39 is 0 Å². The monoisotopic (exact) mass is 267 g/mol. The van der Waals surface area contributed by atoms with Gasteiger partial charge in [-0.3, -0.25) is 4.98 Å². The van der Waals surface area contributed by atoms with Crippen LogP contribution < -0.4 is 10.1 Å². The lowest BCUT2D eigenvalue weighted by Crippen LogP contribution is -2.06. The van der Waals surface area contributed by atoms with Crippen molar-refractivity contribution < 1.29 is 4.74 Å². The molecule has 0 aliphatic rings. The highest BCUT2D eigenvalue weighted by Crippen LogP contribution is 2.26. The summed E-state index contributed by atoms with van der Waals surface area (Å²) < 4.78 is 8.00. The number of rotatable bonds is 4. The Labute approximate surface area is 118 Å². The number of nitrogens with zero attached hydrogens (tertiary/aromatic N) is 2. The molecule has 3 aromatic rings. The molecule has 0 unspecified atom stereocenters. The van der Waals surface area contributed by atoms with Crippen LogP contribution in [0.5, 0.6) is 11.5 Å². The molecule has 0 aliphatic carbocycles. The van der Waals surface area contributed by atoms with Gasteiger partial charge in [0.05, 0.1) is 5.69 Å². The normalized spacial score (nSPS) is 10.9. The summed E-state index contributed by atoms with van der Waals surface area (Å²) in [6, 6.07) is 12.0. The van der Waals surface area contributed by atoms with Crippen LogP contribution in [0.4, 0.5) is 0 Å². The first-order chi connectivity index (χ1) is 9.76. The van der Waals surface area contributed by atoms with Gasteiger partial charge >= 0.3 is 0 Å². The third-order valence-corrected chi connectivity index (χ3v) is 3.24. The molecule has 0 radical (unpaired) electrons. The molecule has 3 rings (SSSR count). The molecule has 0 fully saturated rings. The van der Waals surface area contributed by atoms with Crippen LogP contribution in [0.3, 0.4) is 0 Å². The fourth-order valence-electron chi connectivity index (χ4n) is 2.26. The van der Waals surface area contributed by atoms with Gasteiger partial charge in [0.1, 0.15) is 11.5 Å². The molecule has 1 N–H and O–H groups in total. The van der Waals surface area contributed by atoms with Crippen molar-refractivity contribution in [1.82, 2.24) is 14.9 Å². The number of aryl methyl sites for hydroxylation is 1. The van der Waals surface area contributed by atoms with E-state index in [1.165, 1.54) is 10.9 Å². The van der Waals surface area contributed by atoms with E-state index in [4.69, 9.17) is 4.74 Å². The molecule has 0 saturated carbocycles. The molecule has 2 heterocycles. The SMILES string of the molecule is CNCc1cc(Oc2ccc3c(ccn3C)c2)ccn1. The molecular weight excluding hydrogens is 250 g/mol. The van der Waals surface area contributed by atoms with E-state index in [2.05, 4.69) is 27.0 Å². The summed E-state index contributed by atoms with van der Waals surface area (Å²) in [6.45, 7) is 0.731. The zero-order valence-electron chi connectivity index (χ0n) is 11.6. The van der Waals surface area contributed by atoms with Crippen molar-refractivity contribution >= 4 is 10.9 Å². The summed E-state index contributed by atoms with van der Waals surface area (Å²) in [4.78, 5) is 4.28. The van der Waals surface area contributed by atoms with E-state index in [0.717, 1.165) is 23.7 Å². The van der Waals surface area contributed by atoms with Crippen molar-refractivity contribution in [2.75, 3.05) is 7.05 Å². The number of hydrogen-bond donors (Lipinski definition) is 1. The minimum absolute atomic E-state index is 0.731. The highest BCUT2D eigenvalue weighted by molar-refractivity contribution is 5.81. The second-order valence-corrected chi connectivity index (χ2v) is 4.76. The van der Waals surface area contributed by atoms with Gasteiger partial charge in [-0.2, -0.15) is 0 Å². The quantitative estimate of drug-likeness (QED) is 0.789. The molecule has 102 valence electrons. The van der Waals surface area contributed by atoms with Crippen molar-refractivity contribution in [3.63, 3.8) is 0 Å². The molecule has 0 aliphatic heterocycles. The number of fused-ring (bicyclic) bond motifs is 1. The summed E-state index contributed by atoms with van der Waals surface area (Å²) in [6.07, 6.45) is 3.81. The maximum Gasteiger partial charge on any atom is 0.130 e. The highest BCUT2D eigenvalue weighted by Gasteiger charge is 2.03. The van der Waals surface area contributed by atoms with Crippen LogP contribution in [0.15, 0.2) is 48.8 Å². The van der Waals surface area contributed by atoms with E-state index in [1.807, 2.05) is 44.6 Å². The molecule has 0 spiro atoms. The fourth-order valence-corrected chi connectivity index (χ4v) is 2.26. The second-order valence-electron chi connectivity index (χ2n) is 4.76. The Balaban J connectivity index is 1.86. The lowest BCUT2D eigenvalue weighted by Gasteiger charge is -2.07. The van der Waals surface area contributed by atoms with Gasteiger partial charge in [0.25, 0.3) is 0 Å². The second kappa shape index (κ2) is 5.35. The van der Waals surface area contributed by atoms with Crippen LogP contribution in [0.1, 0.15) is 5.69 Å². The Bertz CT molecular complexity index is 733. The minimum atomic E-state index is 0.731. The maximum absolute atomic E-state index is 5.91. The molecule has 0 saturated heterocycles. The van der Waals surface area contributed by atoms with Gasteiger partial charge in [-0.25, -0.2) is 0 Å². The molecule has 1 aromatic carbocycles. The number of pyridine rings is 1. The number of hydrogen-bond acceptors (Lipinski definition) is 3. The van der Waals surface area contributed by atoms with Crippen molar-refractivity contribution in [2.24, 2.45) is 7.05 Å². The standard InChI is InChI=1S/C16H17N3O/c1-17-11-13-10-15(5-7-18-13)20-14-3-4-16-12(9-14)6-8-19(16)2/h3-10,17H,11H2,1-2H3. The van der Waals surface area contributed by atoms with Gasteiger partial charge < -0.3 is 14.6 Å². The zero-order chi connectivity index (χ0) is 13.9. The molecule has 0 bridgehead atoms. The van der Waals surface area contributed by atoms with Crippen LogP contribution in [0.25, 0.3) is 10.9 Å². The summed E-state index contributed by atoms with van der Waals surface area (Å²) in [7, 11) is 3.94. The van der Waals surface area contributed by atoms with Gasteiger partial charge in [-0.15, -0.1) is 0 Å². The van der Waals surface area contributed by atoms with Crippen LogP contribution in [-0.4, -0.2) is 16.6 Å². The van der Waals surface area contributed by atoms with E-state index in [0.29, 0.717) is 0 Å². The first kappa shape index (κ1) is 12.7. The van der Waals surface area contributed by atoms with Gasteiger partial charge in [-0.1, -0.05) is 0 Å².